The van der Waals surface area contributed by atoms with Crippen molar-refractivity contribution in [1.29, 1.82) is 0 Å². The molecule has 1 amide bonds. The summed E-state index contributed by atoms with van der Waals surface area (Å²) in [6.45, 7) is 6.70. The molecule has 1 aliphatic heterocycles. The number of carbonyl (C=O) groups is 2. The highest BCUT2D eigenvalue weighted by Gasteiger charge is 2.28. The molecule has 0 aromatic carbocycles. The monoisotopic (exact) mass is 295 g/mol. The first kappa shape index (κ1) is 15.3. The number of likely N-dealkylation sites (tertiary alicyclic amines) is 1. The van der Waals surface area contributed by atoms with E-state index in [1.165, 1.54) is 12.4 Å². The normalized spacial score (nSPS) is 16.8. The van der Waals surface area contributed by atoms with Crippen LogP contribution in [0.1, 0.15) is 50.0 Å². The Morgan fingerprint density at radius 3 is 2.43 bits per heavy atom. The van der Waals surface area contributed by atoms with Gasteiger partial charge in [0.1, 0.15) is 5.60 Å². The van der Waals surface area contributed by atoms with Gasteiger partial charge < -0.3 is 14.7 Å². The number of rotatable bonds is 2. The zero-order valence-electron chi connectivity index (χ0n) is 12.6. The van der Waals surface area contributed by atoms with Gasteiger partial charge in [-0.15, -0.1) is 0 Å². The molecule has 0 atom stereocenters. The van der Waals surface area contributed by atoms with Gasteiger partial charge in [-0.25, -0.2) is 9.59 Å². The molecule has 7 heteroatoms. The second-order valence-electron chi connectivity index (χ2n) is 6.21. The summed E-state index contributed by atoms with van der Waals surface area (Å²) in [5.41, 5.74) is -0.309. The van der Waals surface area contributed by atoms with Crippen LogP contribution in [-0.2, 0) is 4.74 Å². The van der Waals surface area contributed by atoms with Crippen LogP contribution in [0.15, 0.2) is 12.4 Å². The number of nitrogens with zero attached hydrogens (tertiary/aromatic N) is 3. The average molecular weight is 295 g/mol. The van der Waals surface area contributed by atoms with Crippen molar-refractivity contribution in [1.82, 2.24) is 14.7 Å². The summed E-state index contributed by atoms with van der Waals surface area (Å²) in [7, 11) is 0. The summed E-state index contributed by atoms with van der Waals surface area (Å²) in [6, 6.07) is 0.122. The summed E-state index contributed by atoms with van der Waals surface area (Å²) in [4.78, 5) is 24.5. The van der Waals surface area contributed by atoms with Crippen molar-refractivity contribution in [3.63, 3.8) is 0 Å². The lowest BCUT2D eigenvalue weighted by Crippen LogP contribution is -2.42. The lowest BCUT2D eigenvalue weighted by atomic mass is 10.1. The Morgan fingerprint density at radius 2 is 1.95 bits per heavy atom. The minimum absolute atomic E-state index is 0.122. The molecule has 1 aromatic rings. The summed E-state index contributed by atoms with van der Waals surface area (Å²) in [5, 5.41) is 13.0. The van der Waals surface area contributed by atoms with Crippen LogP contribution in [0.3, 0.4) is 0 Å². The maximum atomic E-state index is 12.0. The Morgan fingerprint density at radius 1 is 1.33 bits per heavy atom. The third-order valence-electron chi connectivity index (χ3n) is 3.34. The molecule has 1 fully saturated rings. The molecule has 7 nitrogen and oxygen atoms in total. The largest absolute Gasteiger partial charge is 0.478 e. The quantitative estimate of drug-likeness (QED) is 0.903. The van der Waals surface area contributed by atoms with Crippen LogP contribution in [-0.4, -0.2) is 50.5 Å². The molecule has 0 saturated carbocycles. The highest BCUT2D eigenvalue weighted by atomic mass is 16.6. The molecular weight excluding hydrogens is 274 g/mol. The predicted octanol–water partition coefficient (Wildman–Crippen LogP) is 2.15. The summed E-state index contributed by atoms with van der Waals surface area (Å²) < 4.78 is 7.02. The van der Waals surface area contributed by atoms with Crippen molar-refractivity contribution in [3.05, 3.63) is 18.0 Å². The minimum Gasteiger partial charge on any atom is -0.478 e. The van der Waals surface area contributed by atoms with Crippen molar-refractivity contribution in [2.24, 2.45) is 0 Å². The third kappa shape index (κ3) is 3.96. The number of aromatic nitrogens is 2. The smallest absolute Gasteiger partial charge is 0.410 e. The number of aromatic carboxylic acids is 1. The van der Waals surface area contributed by atoms with Gasteiger partial charge in [0, 0.05) is 19.3 Å². The van der Waals surface area contributed by atoms with E-state index in [0.717, 1.165) is 12.8 Å². The number of ether oxygens (including phenoxy) is 1. The SMILES string of the molecule is CC(C)(C)OC(=O)N1CCC(n2cc(C(=O)O)cn2)CC1. The average Bonchev–Trinajstić information content (AvgIpc) is 2.86. The van der Waals surface area contributed by atoms with Gasteiger partial charge in [0.15, 0.2) is 0 Å². The van der Waals surface area contributed by atoms with Crippen molar-refractivity contribution in [2.75, 3.05) is 13.1 Å². The van der Waals surface area contributed by atoms with E-state index < -0.39 is 11.6 Å². The molecular formula is C14H21N3O4. The van der Waals surface area contributed by atoms with Gasteiger partial charge in [-0.1, -0.05) is 0 Å². The van der Waals surface area contributed by atoms with E-state index >= 15 is 0 Å². The Labute approximate surface area is 123 Å². The van der Waals surface area contributed by atoms with Crippen molar-refractivity contribution >= 4 is 12.1 Å². The van der Waals surface area contributed by atoms with E-state index in [0.29, 0.717) is 13.1 Å². The maximum Gasteiger partial charge on any atom is 0.410 e. The van der Waals surface area contributed by atoms with Gasteiger partial charge in [-0.3, -0.25) is 4.68 Å². The molecule has 116 valence electrons. The van der Waals surface area contributed by atoms with Crippen LogP contribution in [0.25, 0.3) is 0 Å². The number of carboxylic acids is 1. The summed E-state index contributed by atoms with van der Waals surface area (Å²) in [6.07, 6.45) is 4.06. The Kier molecular flexibility index (Phi) is 4.20. The van der Waals surface area contributed by atoms with Crippen LogP contribution in [0.2, 0.25) is 0 Å². The Balaban J connectivity index is 1.90. The van der Waals surface area contributed by atoms with Gasteiger partial charge in [0.05, 0.1) is 17.8 Å². The Hall–Kier alpha value is -2.05. The molecule has 2 heterocycles. The molecule has 0 unspecified atom stereocenters. The van der Waals surface area contributed by atoms with Crippen molar-refractivity contribution < 1.29 is 19.4 Å². The highest BCUT2D eigenvalue weighted by molar-refractivity contribution is 5.86. The van der Waals surface area contributed by atoms with E-state index in [1.54, 1.807) is 9.58 Å². The Bertz CT molecular complexity index is 525. The number of carboxylic acid groups (broad SMARTS) is 1. The molecule has 1 saturated heterocycles. The third-order valence-corrected chi connectivity index (χ3v) is 3.34. The predicted molar refractivity (Wildman–Crippen MR) is 75.3 cm³/mol. The van der Waals surface area contributed by atoms with Crippen molar-refractivity contribution in [2.45, 2.75) is 45.3 Å². The second-order valence-corrected chi connectivity index (χ2v) is 6.21. The van der Waals surface area contributed by atoms with Crippen LogP contribution in [0.5, 0.6) is 0 Å². The zero-order valence-corrected chi connectivity index (χ0v) is 12.6. The van der Waals surface area contributed by atoms with E-state index in [1.807, 2.05) is 20.8 Å². The fourth-order valence-corrected chi connectivity index (χ4v) is 2.29. The first-order valence-electron chi connectivity index (χ1n) is 7.01. The molecule has 0 aliphatic carbocycles. The lowest BCUT2D eigenvalue weighted by molar-refractivity contribution is 0.0184. The zero-order chi connectivity index (χ0) is 15.6. The molecule has 0 bridgehead atoms. The molecule has 0 spiro atoms. The molecule has 21 heavy (non-hydrogen) atoms. The highest BCUT2D eigenvalue weighted by Crippen LogP contribution is 2.23. The number of hydrogen-bond donors (Lipinski definition) is 1. The van der Waals surface area contributed by atoms with Crippen molar-refractivity contribution in [3.8, 4) is 0 Å². The molecule has 1 N–H and O–H groups in total. The molecule has 1 aliphatic rings. The van der Waals surface area contributed by atoms with Crippen LogP contribution in [0.4, 0.5) is 4.79 Å². The summed E-state index contributed by atoms with van der Waals surface area (Å²) >= 11 is 0. The summed E-state index contributed by atoms with van der Waals surface area (Å²) in [5.74, 6) is -0.979. The second kappa shape index (κ2) is 5.75. The first-order chi connectivity index (χ1) is 9.76. The van der Waals surface area contributed by atoms with E-state index in [9.17, 15) is 9.59 Å². The number of piperidine rings is 1. The molecule has 1 aromatic heterocycles. The van der Waals surface area contributed by atoms with Crippen LogP contribution >= 0.6 is 0 Å². The van der Waals surface area contributed by atoms with Crippen LogP contribution < -0.4 is 0 Å². The number of hydrogen-bond acceptors (Lipinski definition) is 4. The van der Waals surface area contributed by atoms with Gasteiger partial charge in [-0.05, 0) is 33.6 Å². The number of amides is 1. The lowest BCUT2D eigenvalue weighted by Gasteiger charge is -2.33. The fourth-order valence-electron chi connectivity index (χ4n) is 2.29. The fraction of sp³-hybridized carbons (Fsp3) is 0.643. The van der Waals surface area contributed by atoms with E-state index in [4.69, 9.17) is 9.84 Å². The van der Waals surface area contributed by atoms with Gasteiger partial charge >= 0.3 is 12.1 Å². The molecule has 0 radical (unpaired) electrons. The van der Waals surface area contributed by atoms with E-state index in [2.05, 4.69) is 5.10 Å². The minimum atomic E-state index is -0.979. The van der Waals surface area contributed by atoms with Gasteiger partial charge in [-0.2, -0.15) is 5.10 Å². The number of carbonyl (C=O) groups excluding carboxylic acids is 1. The van der Waals surface area contributed by atoms with E-state index in [-0.39, 0.29) is 17.7 Å². The van der Waals surface area contributed by atoms with Gasteiger partial charge in [0.2, 0.25) is 0 Å². The molecule has 2 rings (SSSR count). The topological polar surface area (TPSA) is 84.7 Å². The standard InChI is InChI=1S/C14H21N3O4/c1-14(2,3)21-13(20)16-6-4-11(5-7-16)17-9-10(8-15-17)12(18)19/h8-9,11H,4-7H2,1-3H3,(H,18,19). The first-order valence-corrected chi connectivity index (χ1v) is 7.01. The van der Waals surface area contributed by atoms with Crippen LogP contribution in [0, 0.1) is 0 Å². The maximum absolute atomic E-state index is 12.0. The van der Waals surface area contributed by atoms with Gasteiger partial charge in [0.25, 0.3) is 0 Å².